The van der Waals surface area contributed by atoms with Crippen LogP contribution in [-0.2, 0) is 17.8 Å². The summed E-state index contributed by atoms with van der Waals surface area (Å²) in [6, 6.07) is 19.0. The van der Waals surface area contributed by atoms with E-state index in [1.165, 1.54) is 6.20 Å². The number of benzene rings is 2. The number of hydrogen-bond acceptors (Lipinski definition) is 4. The van der Waals surface area contributed by atoms with E-state index in [0.717, 1.165) is 11.1 Å². The molecule has 0 aliphatic carbocycles. The van der Waals surface area contributed by atoms with E-state index in [9.17, 15) is 14.7 Å². The molecule has 1 aromatic heterocycles. The molecule has 1 atom stereocenters. The topological polar surface area (TPSA) is 96.5 Å². The first kappa shape index (κ1) is 17.7. The summed E-state index contributed by atoms with van der Waals surface area (Å²) < 4.78 is 0. The first-order chi connectivity index (χ1) is 13.6. The van der Waals surface area contributed by atoms with Crippen LogP contribution in [0.2, 0.25) is 0 Å². The van der Waals surface area contributed by atoms with E-state index in [4.69, 9.17) is 5.73 Å². The number of carbonyl (C=O) groups excluding carboxylic acids is 2. The number of pyridine rings is 1. The van der Waals surface area contributed by atoms with Crippen LogP contribution < -0.4 is 10.6 Å². The van der Waals surface area contributed by atoms with Crippen molar-refractivity contribution < 1.29 is 14.7 Å². The molecule has 1 aliphatic heterocycles. The highest BCUT2D eigenvalue weighted by Gasteiger charge is 2.36. The molecule has 0 radical (unpaired) electrons. The minimum atomic E-state index is -0.803. The molecule has 1 unspecified atom stereocenters. The van der Waals surface area contributed by atoms with Crippen LogP contribution >= 0.6 is 0 Å². The first-order valence-electron chi connectivity index (χ1n) is 8.97. The van der Waals surface area contributed by atoms with Gasteiger partial charge in [-0.3, -0.25) is 9.59 Å². The maximum atomic E-state index is 13.3. The average molecular weight is 373 g/mol. The predicted molar refractivity (Wildman–Crippen MR) is 105 cm³/mol. The lowest BCUT2D eigenvalue weighted by Crippen LogP contribution is -2.40. The van der Waals surface area contributed by atoms with Gasteiger partial charge in [0.2, 0.25) is 5.91 Å². The highest BCUT2D eigenvalue weighted by Crippen LogP contribution is 2.41. The second kappa shape index (κ2) is 7.15. The van der Waals surface area contributed by atoms with Crippen LogP contribution in [0.1, 0.15) is 33.1 Å². The minimum Gasteiger partial charge on any atom is -0.505 e. The molecular weight excluding hydrogens is 354 g/mol. The maximum absolute atomic E-state index is 13.3. The van der Waals surface area contributed by atoms with Crippen molar-refractivity contribution in [3.63, 3.8) is 0 Å². The van der Waals surface area contributed by atoms with Crippen LogP contribution in [-0.4, -0.2) is 21.9 Å². The van der Waals surface area contributed by atoms with Crippen molar-refractivity contribution in [2.45, 2.75) is 18.9 Å². The summed E-state index contributed by atoms with van der Waals surface area (Å²) in [6.07, 6.45) is 1.72. The van der Waals surface area contributed by atoms with Crippen LogP contribution in [0, 0.1) is 0 Å². The third kappa shape index (κ3) is 3.09. The largest absolute Gasteiger partial charge is 0.505 e. The van der Waals surface area contributed by atoms with Crippen molar-refractivity contribution in [2.24, 2.45) is 5.73 Å². The number of anilines is 1. The van der Waals surface area contributed by atoms with Crippen molar-refractivity contribution in [2.75, 3.05) is 4.90 Å². The van der Waals surface area contributed by atoms with E-state index in [1.54, 1.807) is 4.90 Å². The van der Waals surface area contributed by atoms with Crippen molar-refractivity contribution in [3.8, 4) is 5.75 Å². The van der Waals surface area contributed by atoms with Gasteiger partial charge in [-0.05, 0) is 17.5 Å². The summed E-state index contributed by atoms with van der Waals surface area (Å²) in [6.45, 7) is 0.340. The van der Waals surface area contributed by atoms with Gasteiger partial charge in [0, 0.05) is 5.56 Å². The zero-order valence-corrected chi connectivity index (χ0v) is 15.1. The van der Waals surface area contributed by atoms with E-state index in [2.05, 4.69) is 4.98 Å². The number of aromatic nitrogens is 1. The van der Waals surface area contributed by atoms with Gasteiger partial charge in [0.05, 0.1) is 24.3 Å². The molecule has 6 nitrogen and oxygen atoms in total. The van der Waals surface area contributed by atoms with Crippen molar-refractivity contribution in [1.29, 1.82) is 0 Å². The molecule has 2 aromatic carbocycles. The van der Waals surface area contributed by atoms with E-state index < -0.39 is 11.8 Å². The molecule has 4 rings (SSSR count). The molecule has 1 aliphatic rings. The monoisotopic (exact) mass is 373 g/mol. The Morgan fingerprint density at radius 3 is 2.39 bits per heavy atom. The van der Waals surface area contributed by atoms with Crippen LogP contribution in [0.5, 0.6) is 5.75 Å². The summed E-state index contributed by atoms with van der Waals surface area (Å²) in [4.78, 5) is 30.6. The van der Waals surface area contributed by atoms with Crippen LogP contribution in [0.4, 0.5) is 5.69 Å². The van der Waals surface area contributed by atoms with E-state index in [-0.39, 0.29) is 23.8 Å². The smallest absolute Gasteiger partial charge is 0.271 e. The molecule has 0 saturated heterocycles. The Balaban J connectivity index is 1.84. The number of primary amides is 1. The molecule has 3 aromatic rings. The van der Waals surface area contributed by atoms with E-state index in [0.29, 0.717) is 17.8 Å². The van der Waals surface area contributed by atoms with E-state index >= 15 is 0 Å². The normalized spacial score (nSPS) is 15.9. The second-order valence-corrected chi connectivity index (χ2v) is 6.76. The number of carbonyl (C=O) groups is 2. The molecular formula is C22H19N3O3. The van der Waals surface area contributed by atoms with Gasteiger partial charge in [0.25, 0.3) is 5.91 Å². The Kier molecular flexibility index (Phi) is 4.53. The van der Waals surface area contributed by atoms with E-state index in [1.807, 2.05) is 60.7 Å². The summed E-state index contributed by atoms with van der Waals surface area (Å²) >= 11 is 0. The molecule has 0 saturated carbocycles. The number of hydrogen-bond donors (Lipinski definition) is 2. The minimum absolute atomic E-state index is 0.0735. The molecule has 0 bridgehead atoms. The zero-order chi connectivity index (χ0) is 19.7. The second-order valence-electron chi connectivity index (χ2n) is 6.76. The van der Waals surface area contributed by atoms with Crippen molar-refractivity contribution in [3.05, 3.63) is 89.2 Å². The highest BCUT2D eigenvalue weighted by atomic mass is 16.3. The average Bonchev–Trinajstić information content (AvgIpc) is 2.71. The van der Waals surface area contributed by atoms with Crippen LogP contribution in [0.3, 0.4) is 0 Å². The fraction of sp³-hybridized carbons (Fsp3) is 0.136. The Labute approximate surface area is 162 Å². The van der Waals surface area contributed by atoms with Gasteiger partial charge in [-0.1, -0.05) is 60.7 Å². The molecule has 28 heavy (non-hydrogen) atoms. The Morgan fingerprint density at radius 2 is 1.75 bits per heavy atom. The van der Waals surface area contributed by atoms with Crippen LogP contribution in [0.15, 0.2) is 66.9 Å². The van der Waals surface area contributed by atoms with Crippen molar-refractivity contribution >= 4 is 17.5 Å². The molecule has 0 spiro atoms. The number of nitrogens with two attached hydrogens (primary N) is 1. The van der Waals surface area contributed by atoms with Crippen molar-refractivity contribution in [1.82, 2.24) is 4.98 Å². The predicted octanol–water partition coefficient (Wildman–Crippen LogP) is 2.76. The Morgan fingerprint density at radius 1 is 1.11 bits per heavy atom. The number of fused-ring (bicyclic) bond motifs is 1. The lowest BCUT2D eigenvalue weighted by Gasteiger charge is -2.34. The third-order valence-corrected chi connectivity index (χ3v) is 5.02. The molecule has 6 heteroatoms. The summed E-state index contributed by atoms with van der Waals surface area (Å²) in [7, 11) is 0. The molecule has 2 amide bonds. The van der Waals surface area contributed by atoms with Gasteiger partial charge in [-0.15, -0.1) is 0 Å². The molecule has 3 N–H and O–H groups in total. The van der Waals surface area contributed by atoms with Gasteiger partial charge in [-0.2, -0.15) is 0 Å². The fourth-order valence-electron chi connectivity index (χ4n) is 3.62. The highest BCUT2D eigenvalue weighted by molar-refractivity contribution is 6.03. The van der Waals surface area contributed by atoms with Gasteiger partial charge in [0.1, 0.15) is 0 Å². The van der Waals surface area contributed by atoms with Gasteiger partial charge >= 0.3 is 0 Å². The maximum Gasteiger partial charge on any atom is 0.271 e. The number of rotatable bonds is 4. The third-order valence-electron chi connectivity index (χ3n) is 5.02. The SMILES string of the molecule is NC(=O)c1ncc2c(c1O)CC(c1ccccc1)C(=O)N2Cc1ccccc1. The van der Waals surface area contributed by atoms with Crippen LogP contribution in [0.25, 0.3) is 0 Å². The number of amides is 2. The standard InChI is InChI=1S/C22H19N3O3/c23-21(27)19-20(26)17-11-16(15-9-5-2-6-10-15)22(28)25(18(17)12-24-19)13-14-7-3-1-4-8-14/h1-10,12,16,26H,11,13H2,(H2,23,27). The Bertz CT molecular complexity index is 1040. The summed E-state index contributed by atoms with van der Waals surface area (Å²) in [5.41, 5.74) is 7.97. The number of nitrogens with zero attached hydrogens (tertiary/aromatic N) is 2. The zero-order valence-electron chi connectivity index (χ0n) is 15.1. The Hall–Kier alpha value is -3.67. The number of aromatic hydroxyl groups is 1. The fourth-order valence-corrected chi connectivity index (χ4v) is 3.62. The van der Waals surface area contributed by atoms with Gasteiger partial charge in [-0.25, -0.2) is 4.98 Å². The lowest BCUT2D eigenvalue weighted by molar-refractivity contribution is -0.120. The van der Waals surface area contributed by atoms with Gasteiger partial charge < -0.3 is 15.7 Å². The molecule has 140 valence electrons. The van der Waals surface area contributed by atoms with Gasteiger partial charge in [0.15, 0.2) is 11.4 Å². The summed E-state index contributed by atoms with van der Waals surface area (Å²) in [5, 5.41) is 10.6. The lowest BCUT2D eigenvalue weighted by atomic mass is 9.86. The quantitative estimate of drug-likeness (QED) is 0.735. The molecule has 0 fully saturated rings. The molecule has 2 heterocycles. The first-order valence-corrected chi connectivity index (χ1v) is 8.97. The summed E-state index contributed by atoms with van der Waals surface area (Å²) in [5.74, 6) is -1.60.